The van der Waals surface area contributed by atoms with Crippen molar-refractivity contribution >= 4 is 25.7 Å². The van der Waals surface area contributed by atoms with Gasteiger partial charge in [0.15, 0.2) is 0 Å². The number of nitrogens with one attached hydrogen (secondary N) is 2. The van der Waals surface area contributed by atoms with E-state index in [-0.39, 0.29) is 59.9 Å². The van der Waals surface area contributed by atoms with Crippen LogP contribution in [-0.4, -0.2) is 47.1 Å². The lowest BCUT2D eigenvalue weighted by molar-refractivity contribution is 0.0559. The highest BCUT2D eigenvalue weighted by molar-refractivity contribution is 6.04. The van der Waals surface area contributed by atoms with Crippen LogP contribution in [0, 0.1) is 48.8 Å². The first-order chi connectivity index (χ1) is 27.6. The summed E-state index contributed by atoms with van der Waals surface area (Å²) in [5.74, 6) is -6.09. The van der Waals surface area contributed by atoms with Crippen LogP contribution in [0.25, 0.3) is 22.3 Å². The Balaban J connectivity index is 0.000000229. The van der Waals surface area contributed by atoms with Crippen LogP contribution >= 0.6 is 0 Å². The predicted octanol–water partition coefficient (Wildman–Crippen LogP) is 10.6. The molecule has 1 fully saturated rings. The summed E-state index contributed by atoms with van der Waals surface area (Å²) in [7, 11) is 0. The van der Waals surface area contributed by atoms with Gasteiger partial charge in [-0.1, -0.05) is 12.1 Å². The number of anilines is 2. The zero-order valence-corrected chi connectivity index (χ0v) is 31.2. The van der Waals surface area contributed by atoms with Gasteiger partial charge >= 0.3 is 13.1 Å². The Bertz CT molecular complexity index is 2320. The van der Waals surface area contributed by atoms with E-state index in [0.717, 1.165) is 68.1 Å². The molecular formula is C40H34BF10N6O2. The molecule has 1 amide bonds. The Morgan fingerprint density at radius 1 is 0.644 bits per heavy atom. The summed E-state index contributed by atoms with van der Waals surface area (Å²) in [5, 5.41) is 12.2. The molecule has 309 valence electrons. The van der Waals surface area contributed by atoms with Crippen molar-refractivity contribution < 1.29 is 53.4 Å². The molecule has 1 aliphatic rings. The number of rotatable bonds is 9. The Labute approximate surface area is 333 Å². The highest BCUT2D eigenvalue weighted by Crippen LogP contribution is 2.31. The fourth-order valence-electron chi connectivity index (χ4n) is 5.66. The van der Waals surface area contributed by atoms with Gasteiger partial charge in [0, 0.05) is 79.8 Å². The fourth-order valence-corrected chi connectivity index (χ4v) is 5.66. The van der Waals surface area contributed by atoms with E-state index in [1.165, 1.54) is 57.0 Å². The minimum Gasteiger partial charge on any atom is -0.381 e. The van der Waals surface area contributed by atoms with Gasteiger partial charge in [0.1, 0.15) is 40.5 Å². The van der Waals surface area contributed by atoms with Crippen LogP contribution in [0.3, 0.4) is 0 Å². The van der Waals surface area contributed by atoms with Crippen molar-refractivity contribution in [1.82, 2.24) is 19.6 Å². The molecule has 3 radical (unpaired) electrons. The van der Waals surface area contributed by atoms with Gasteiger partial charge in [0.25, 0.3) is 5.91 Å². The van der Waals surface area contributed by atoms with E-state index in [1.54, 1.807) is 0 Å². The molecule has 8 nitrogen and oxygen atoms in total. The van der Waals surface area contributed by atoms with Gasteiger partial charge in [-0.05, 0) is 87.4 Å². The smallest absolute Gasteiger partial charge is 0.333 e. The molecule has 0 spiro atoms. The molecule has 0 aliphatic carbocycles. The van der Waals surface area contributed by atoms with Crippen molar-refractivity contribution in [1.29, 1.82) is 0 Å². The number of carbonyl (C=O) groups is 1. The molecule has 0 bridgehead atoms. The van der Waals surface area contributed by atoms with Crippen LogP contribution in [0.4, 0.5) is 55.3 Å². The van der Waals surface area contributed by atoms with Crippen LogP contribution < -0.4 is 10.6 Å². The third kappa shape index (κ3) is 11.5. The number of aromatic nitrogens is 4. The Kier molecular flexibility index (Phi) is 15.9. The molecule has 19 heteroatoms. The lowest BCUT2D eigenvalue weighted by Gasteiger charge is -2.10. The summed E-state index contributed by atoms with van der Waals surface area (Å²) in [5.41, 5.74) is 0.252. The first-order valence-electron chi connectivity index (χ1n) is 17.4. The Hall–Kier alpha value is -6.11. The summed E-state index contributed by atoms with van der Waals surface area (Å²) in [6.07, 6.45) is 4.63. The zero-order chi connectivity index (χ0) is 42.1. The lowest BCUT2D eigenvalue weighted by Crippen LogP contribution is -2.16. The third-order valence-corrected chi connectivity index (χ3v) is 8.56. The van der Waals surface area contributed by atoms with Gasteiger partial charge in [0.2, 0.25) is 0 Å². The van der Waals surface area contributed by atoms with Crippen LogP contribution in [0.2, 0.25) is 0 Å². The largest absolute Gasteiger partial charge is 0.381 e. The summed E-state index contributed by atoms with van der Waals surface area (Å²) in [4.78, 5) is 12.0. The number of halogens is 10. The molecule has 0 unspecified atom stereocenters. The topological polar surface area (TPSA) is 86.0 Å². The predicted molar refractivity (Wildman–Crippen MR) is 201 cm³/mol. The maximum absolute atomic E-state index is 14.4. The number of ether oxygens (including phenoxy) is 1. The highest BCUT2D eigenvalue weighted by Gasteiger charge is 2.20. The van der Waals surface area contributed by atoms with Gasteiger partial charge in [-0.2, -0.15) is 27.8 Å². The molecule has 59 heavy (non-hydrogen) atoms. The normalized spacial score (nSPS) is 12.0. The van der Waals surface area contributed by atoms with E-state index in [0.29, 0.717) is 15.1 Å². The molecule has 0 saturated carbocycles. The standard InChI is InChI=1S/C18H12F5N3O.C18H14F5N3.C4H8O.B/c1-9-12(8-26(25-9)18(22)23)11-6-5-10(7-15(11)21)24-17(27)16-13(19)3-2-4-14(16)20;1-10-14(9-26(25-10)18(22)23)12-6-5-11(7-17(12)21)24-8-13-15(19)3-2-4-16(13)20;1-2-4-5-3-1;/h2-8,18H,1H3,(H,24,27);2-7,9,18,24H,8H2,1H3;1-4H2;. The maximum Gasteiger partial charge on any atom is 0.333 e. The minimum absolute atomic E-state index is 0. The van der Waals surface area contributed by atoms with Crippen LogP contribution in [0.1, 0.15) is 53.2 Å². The molecular weight excluding hydrogens is 797 g/mol. The van der Waals surface area contributed by atoms with Gasteiger partial charge in [0.05, 0.1) is 11.4 Å². The highest BCUT2D eigenvalue weighted by atomic mass is 19.3. The second-order valence-electron chi connectivity index (χ2n) is 12.6. The van der Waals surface area contributed by atoms with Gasteiger partial charge in [-0.15, -0.1) is 0 Å². The quantitative estimate of drug-likeness (QED) is 0.112. The number of benzene rings is 4. The number of hydrogen-bond donors (Lipinski definition) is 2. The molecule has 4 aromatic carbocycles. The van der Waals surface area contributed by atoms with E-state index in [1.807, 2.05) is 0 Å². The van der Waals surface area contributed by atoms with Crippen LogP contribution in [0.5, 0.6) is 0 Å². The fraction of sp³-hybridized carbons (Fsp3) is 0.225. The van der Waals surface area contributed by atoms with Crippen molar-refractivity contribution in [2.45, 2.75) is 46.3 Å². The first kappa shape index (κ1) is 45.6. The number of alkyl halides is 4. The summed E-state index contributed by atoms with van der Waals surface area (Å²) < 4.78 is 140. The molecule has 1 aliphatic heterocycles. The van der Waals surface area contributed by atoms with E-state index in [9.17, 15) is 48.7 Å². The molecule has 7 rings (SSSR count). The summed E-state index contributed by atoms with van der Waals surface area (Å²) >= 11 is 0. The number of hydrogen-bond acceptors (Lipinski definition) is 5. The van der Waals surface area contributed by atoms with Gasteiger partial charge in [-0.3, -0.25) is 4.79 Å². The molecule has 3 heterocycles. The Morgan fingerprint density at radius 2 is 1.08 bits per heavy atom. The first-order valence-corrected chi connectivity index (χ1v) is 17.4. The van der Waals surface area contributed by atoms with E-state index in [2.05, 4.69) is 20.8 Å². The van der Waals surface area contributed by atoms with Crippen LogP contribution in [-0.2, 0) is 11.3 Å². The van der Waals surface area contributed by atoms with E-state index < -0.39 is 59.5 Å². The Morgan fingerprint density at radius 3 is 1.49 bits per heavy atom. The molecule has 0 atom stereocenters. The lowest BCUT2D eigenvalue weighted by atomic mass is 10.1. The molecule has 2 N–H and O–H groups in total. The molecule has 1 saturated heterocycles. The van der Waals surface area contributed by atoms with Crippen molar-refractivity contribution in [3.05, 3.63) is 143 Å². The van der Waals surface area contributed by atoms with Crippen molar-refractivity contribution in [2.75, 3.05) is 23.8 Å². The number of carbonyl (C=O) groups excluding carboxylic acids is 1. The number of aryl methyl sites for hydroxylation is 2. The van der Waals surface area contributed by atoms with E-state index >= 15 is 0 Å². The number of amides is 1. The van der Waals surface area contributed by atoms with Gasteiger partial charge in [-0.25, -0.2) is 35.7 Å². The van der Waals surface area contributed by atoms with Crippen molar-refractivity contribution in [3.63, 3.8) is 0 Å². The molecule has 6 aromatic rings. The summed E-state index contributed by atoms with van der Waals surface area (Å²) in [6, 6.07) is 14.0. The third-order valence-electron chi connectivity index (χ3n) is 8.56. The van der Waals surface area contributed by atoms with Crippen LogP contribution in [0.15, 0.2) is 85.2 Å². The monoisotopic (exact) mass is 831 g/mol. The minimum atomic E-state index is -2.87. The SMILES string of the molecule is C1CCOC1.Cc1nn(C(F)F)cc1-c1ccc(NC(=O)c2c(F)cccc2F)cc1F.Cc1nn(C(F)F)cc1-c1ccc(NCc2c(F)cccc2F)cc1F.[B]. The van der Waals surface area contributed by atoms with Crippen molar-refractivity contribution in [2.24, 2.45) is 0 Å². The zero-order valence-electron chi connectivity index (χ0n) is 31.2. The second kappa shape index (κ2) is 20.5. The summed E-state index contributed by atoms with van der Waals surface area (Å²) in [6.45, 7) is -0.901. The average molecular weight is 832 g/mol. The van der Waals surface area contributed by atoms with Gasteiger partial charge < -0.3 is 15.4 Å². The maximum atomic E-state index is 14.4. The molecule has 2 aromatic heterocycles. The average Bonchev–Trinajstić information content (AvgIpc) is 3.95. The van der Waals surface area contributed by atoms with Crippen molar-refractivity contribution in [3.8, 4) is 22.3 Å². The number of nitrogens with zero attached hydrogens (tertiary/aromatic N) is 4. The second-order valence-corrected chi connectivity index (χ2v) is 12.6. The van der Waals surface area contributed by atoms with E-state index in [4.69, 9.17) is 4.74 Å².